The summed E-state index contributed by atoms with van der Waals surface area (Å²) < 4.78 is 21.9. The number of hydrogen-bond acceptors (Lipinski definition) is 3. The quantitative estimate of drug-likeness (QED) is 0.306. The molecular weight excluding hydrogens is 441 g/mol. The van der Waals surface area contributed by atoms with Gasteiger partial charge in [-0.25, -0.2) is 9.18 Å². The summed E-state index contributed by atoms with van der Waals surface area (Å²) in [6.07, 6.45) is 0.369. The molecule has 176 valence electrons. The van der Waals surface area contributed by atoms with Crippen molar-refractivity contribution < 1.29 is 18.7 Å². The Morgan fingerprint density at radius 1 is 0.914 bits per heavy atom. The average molecular weight is 468 g/mol. The fourth-order valence-corrected chi connectivity index (χ4v) is 4.83. The molecule has 0 bridgehead atoms. The van der Waals surface area contributed by atoms with Crippen LogP contribution in [0, 0.1) is 11.2 Å². The minimum Gasteiger partial charge on any atom is -0.447 e. The molecule has 1 heterocycles. The van der Waals surface area contributed by atoms with E-state index < -0.39 is 17.9 Å². The minimum atomic E-state index is -0.798. The molecule has 0 saturated heterocycles. The van der Waals surface area contributed by atoms with Crippen molar-refractivity contribution in [1.82, 2.24) is 4.57 Å². The summed E-state index contributed by atoms with van der Waals surface area (Å²) in [6.45, 7) is 4.18. The summed E-state index contributed by atoms with van der Waals surface area (Å²) in [5, 5.41) is 0. The first kappa shape index (κ1) is 22.8. The largest absolute Gasteiger partial charge is 0.447 e. The van der Waals surface area contributed by atoms with Crippen molar-refractivity contribution in [3.8, 4) is 5.69 Å². The van der Waals surface area contributed by atoms with Crippen LogP contribution in [0.5, 0.6) is 0 Å². The predicted octanol–water partition coefficient (Wildman–Crippen LogP) is 6.72. The number of ketones is 1. The van der Waals surface area contributed by atoms with E-state index in [4.69, 9.17) is 4.74 Å². The molecular formula is C30H26FNO3. The number of rotatable bonds is 5. The number of para-hydroxylation sites is 1. The van der Waals surface area contributed by atoms with Gasteiger partial charge in [-0.05, 0) is 53.8 Å². The third kappa shape index (κ3) is 4.54. The van der Waals surface area contributed by atoms with Gasteiger partial charge in [0.2, 0.25) is 0 Å². The number of Topliss-reactive ketones (excluding diaryl/α,β-unsaturated/α-hetero) is 1. The van der Waals surface area contributed by atoms with Crippen molar-refractivity contribution in [2.24, 2.45) is 5.41 Å². The van der Waals surface area contributed by atoms with Crippen LogP contribution in [-0.2, 0) is 11.2 Å². The zero-order valence-corrected chi connectivity index (χ0v) is 19.7. The van der Waals surface area contributed by atoms with E-state index in [9.17, 15) is 14.0 Å². The van der Waals surface area contributed by atoms with Crippen molar-refractivity contribution in [3.05, 3.63) is 125 Å². The Bertz CT molecular complexity index is 1390. The zero-order valence-electron chi connectivity index (χ0n) is 19.7. The Hall–Kier alpha value is -3.99. The molecule has 0 radical (unpaired) electrons. The molecule has 1 aliphatic rings. The van der Waals surface area contributed by atoms with Crippen molar-refractivity contribution >= 4 is 11.8 Å². The van der Waals surface area contributed by atoms with E-state index in [-0.39, 0.29) is 16.8 Å². The number of hydrogen-bond donors (Lipinski definition) is 0. The highest BCUT2D eigenvalue weighted by Gasteiger charge is 2.37. The molecule has 1 aromatic heterocycles. The fourth-order valence-electron chi connectivity index (χ4n) is 4.83. The predicted molar refractivity (Wildman–Crippen MR) is 132 cm³/mol. The number of esters is 1. The van der Waals surface area contributed by atoms with Gasteiger partial charge in [-0.2, -0.15) is 0 Å². The number of ether oxygens (including phenoxy) is 1. The molecule has 0 N–H and O–H groups in total. The van der Waals surface area contributed by atoms with Crippen LogP contribution in [0.3, 0.4) is 0 Å². The third-order valence-electron chi connectivity index (χ3n) is 6.39. The first-order valence-electron chi connectivity index (χ1n) is 11.7. The van der Waals surface area contributed by atoms with Gasteiger partial charge in [0.1, 0.15) is 5.82 Å². The van der Waals surface area contributed by atoms with Crippen LogP contribution in [-0.4, -0.2) is 16.3 Å². The second-order valence-electron chi connectivity index (χ2n) is 9.75. The highest BCUT2D eigenvalue weighted by atomic mass is 19.1. The van der Waals surface area contributed by atoms with E-state index in [1.54, 1.807) is 0 Å². The molecule has 0 aliphatic heterocycles. The summed E-state index contributed by atoms with van der Waals surface area (Å²) in [6, 6.07) is 26.5. The van der Waals surface area contributed by atoms with Crippen molar-refractivity contribution in [1.29, 1.82) is 0 Å². The minimum absolute atomic E-state index is 0.0791. The van der Waals surface area contributed by atoms with Crippen LogP contribution in [0.2, 0.25) is 0 Å². The van der Waals surface area contributed by atoms with Gasteiger partial charge < -0.3 is 9.30 Å². The lowest BCUT2D eigenvalue weighted by Crippen LogP contribution is -2.28. The molecule has 1 aliphatic carbocycles. The molecule has 5 heteroatoms. The Kier molecular flexibility index (Phi) is 5.85. The molecule has 0 fully saturated rings. The van der Waals surface area contributed by atoms with Crippen LogP contribution in [0.1, 0.15) is 64.0 Å². The lowest BCUT2D eigenvalue weighted by molar-refractivity contribution is 0.0367. The summed E-state index contributed by atoms with van der Waals surface area (Å²) in [7, 11) is 0. The lowest BCUT2D eigenvalue weighted by Gasteiger charge is -2.30. The first-order valence-corrected chi connectivity index (χ1v) is 11.7. The van der Waals surface area contributed by atoms with Gasteiger partial charge in [-0.1, -0.05) is 68.4 Å². The number of carbonyl (C=O) groups is 2. The number of halogens is 1. The molecule has 0 amide bonds. The summed E-state index contributed by atoms with van der Waals surface area (Å²) >= 11 is 0. The highest BCUT2D eigenvalue weighted by molar-refractivity contribution is 5.99. The maximum absolute atomic E-state index is 13.8. The normalized spacial score (nSPS) is 15.3. The zero-order chi connectivity index (χ0) is 24.6. The molecule has 4 aromatic rings. The summed E-state index contributed by atoms with van der Waals surface area (Å²) in [5.74, 6) is -1.06. The van der Waals surface area contributed by atoms with Crippen LogP contribution < -0.4 is 0 Å². The highest BCUT2D eigenvalue weighted by Crippen LogP contribution is 2.41. The van der Waals surface area contributed by atoms with Gasteiger partial charge in [0, 0.05) is 23.4 Å². The molecule has 35 heavy (non-hydrogen) atoms. The van der Waals surface area contributed by atoms with Crippen LogP contribution in [0.25, 0.3) is 5.69 Å². The van der Waals surface area contributed by atoms with Gasteiger partial charge in [0.05, 0.1) is 11.3 Å². The molecule has 3 aromatic carbocycles. The van der Waals surface area contributed by atoms with E-state index >= 15 is 0 Å². The second kappa shape index (κ2) is 8.99. The summed E-state index contributed by atoms with van der Waals surface area (Å²) in [5.41, 5.74) is 3.84. The number of carbonyl (C=O) groups excluding carboxylic acids is 2. The molecule has 4 nitrogen and oxygen atoms in total. The SMILES string of the molecule is CC1(C)CC(=O)c2cc(C(OC(=O)c3cccc(F)c3)c3ccccc3)n(-c3ccccc3)c2C1. The van der Waals surface area contributed by atoms with Gasteiger partial charge in [0.15, 0.2) is 11.9 Å². The van der Waals surface area contributed by atoms with E-state index in [2.05, 4.69) is 13.8 Å². The summed E-state index contributed by atoms with van der Waals surface area (Å²) in [4.78, 5) is 26.3. The molecule has 0 spiro atoms. The Balaban J connectivity index is 1.69. The van der Waals surface area contributed by atoms with Crippen molar-refractivity contribution in [2.75, 3.05) is 0 Å². The first-order chi connectivity index (χ1) is 16.8. The third-order valence-corrected chi connectivity index (χ3v) is 6.39. The van der Waals surface area contributed by atoms with Crippen LogP contribution in [0.4, 0.5) is 4.39 Å². The fraction of sp³-hybridized carbons (Fsp3) is 0.200. The van der Waals surface area contributed by atoms with Crippen molar-refractivity contribution in [2.45, 2.75) is 32.8 Å². The molecule has 0 saturated carbocycles. The Morgan fingerprint density at radius 2 is 1.60 bits per heavy atom. The van der Waals surface area contributed by atoms with Crippen molar-refractivity contribution in [3.63, 3.8) is 0 Å². The average Bonchev–Trinajstić information content (AvgIpc) is 3.21. The van der Waals surface area contributed by atoms with Gasteiger partial charge in [0.25, 0.3) is 0 Å². The number of fused-ring (bicyclic) bond motifs is 1. The number of aromatic nitrogens is 1. The van der Waals surface area contributed by atoms with Crippen LogP contribution in [0.15, 0.2) is 91.0 Å². The Morgan fingerprint density at radius 3 is 2.29 bits per heavy atom. The Labute approximate surface area is 204 Å². The standard InChI is InChI=1S/C30H26FNO3/c1-30(2)18-26-24(27(33)19-30)17-25(32(26)23-14-7-4-8-15-23)28(20-10-5-3-6-11-20)35-29(34)21-12-9-13-22(31)16-21/h3-17,28H,18-19H2,1-2H3. The topological polar surface area (TPSA) is 48.3 Å². The maximum Gasteiger partial charge on any atom is 0.339 e. The van der Waals surface area contributed by atoms with Gasteiger partial charge >= 0.3 is 5.97 Å². The lowest BCUT2D eigenvalue weighted by atomic mass is 9.76. The second-order valence-corrected chi connectivity index (χ2v) is 9.75. The van der Waals surface area contributed by atoms with Gasteiger partial charge in [-0.15, -0.1) is 0 Å². The van der Waals surface area contributed by atoms with Gasteiger partial charge in [-0.3, -0.25) is 4.79 Å². The maximum atomic E-state index is 13.8. The van der Waals surface area contributed by atoms with E-state index in [1.807, 2.05) is 71.3 Å². The van der Waals surface area contributed by atoms with E-state index in [0.717, 1.165) is 23.0 Å². The number of nitrogens with zero attached hydrogens (tertiary/aromatic N) is 1. The smallest absolute Gasteiger partial charge is 0.339 e. The molecule has 1 atom stereocenters. The van der Waals surface area contributed by atoms with E-state index in [0.29, 0.717) is 24.1 Å². The van der Waals surface area contributed by atoms with E-state index in [1.165, 1.54) is 18.2 Å². The van der Waals surface area contributed by atoms with Crippen LogP contribution >= 0.6 is 0 Å². The number of benzene rings is 3. The molecule has 5 rings (SSSR count). The monoisotopic (exact) mass is 467 g/mol. The molecule has 1 unspecified atom stereocenters.